The number of hydrogen-bond acceptors (Lipinski definition) is 4. The van der Waals surface area contributed by atoms with Crippen molar-refractivity contribution in [1.82, 2.24) is 9.38 Å². The molecule has 0 saturated heterocycles. The van der Waals surface area contributed by atoms with E-state index in [9.17, 15) is 0 Å². The van der Waals surface area contributed by atoms with Gasteiger partial charge in [-0.15, -0.1) is 11.3 Å². The molecule has 60 heavy (non-hydrogen) atoms. The van der Waals surface area contributed by atoms with E-state index in [2.05, 4.69) is 197 Å². The van der Waals surface area contributed by atoms with Gasteiger partial charge < -0.3 is 4.90 Å². The van der Waals surface area contributed by atoms with Crippen LogP contribution in [0.15, 0.2) is 198 Å². The summed E-state index contributed by atoms with van der Waals surface area (Å²) in [6, 6.07) is 69.7. The zero-order valence-corrected chi connectivity index (χ0v) is 33.7. The summed E-state index contributed by atoms with van der Waals surface area (Å²) in [6.45, 7) is 0. The second-order valence-electron chi connectivity index (χ2n) is 15.9. The van der Waals surface area contributed by atoms with Crippen molar-refractivity contribution in [2.75, 3.05) is 4.90 Å². The smallest absolute Gasteiger partial charge is 0.146 e. The summed E-state index contributed by atoms with van der Waals surface area (Å²) in [5.41, 5.74) is 10.2. The normalized spacial score (nSPS) is 12.9. The monoisotopic (exact) mass is 797 g/mol. The lowest BCUT2D eigenvalue weighted by molar-refractivity contribution is 1.18. The Morgan fingerprint density at radius 1 is 0.367 bits per heavy atom. The molecule has 0 unspecified atom stereocenters. The van der Waals surface area contributed by atoms with Gasteiger partial charge in [-0.25, -0.2) is 4.98 Å². The summed E-state index contributed by atoms with van der Waals surface area (Å²) in [5.74, 6) is 0. The lowest BCUT2D eigenvalue weighted by Gasteiger charge is -2.34. The van der Waals surface area contributed by atoms with Crippen molar-refractivity contribution in [3.8, 4) is 11.1 Å². The van der Waals surface area contributed by atoms with Gasteiger partial charge in [0.2, 0.25) is 0 Å². The van der Waals surface area contributed by atoms with Crippen LogP contribution >= 0.6 is 23.1 Å². The predicted octanol–water partition coefficient (Wildman–Crippen LogP) is 16.2. The number of anilines is 3. The van der Waals surface area contributed by atoms with Gasteiger partial charge in [0.25, 0.3) is 0 Å². The first-order valence-corrected chi connectivity index (χ1v) is 22.0. The molecule has 3 aromatic heterocycles. The molecule has 0 spiro atoms. The van der Waals surface area contributed by atoms with Crippen molar-refractivity contribution in [2.45, 2.75) is 9.79 Å². The van der Waals surface area contributed by atoms with Crippen LogP contribution in [0.3, 0.4) is 0 Å². The number of imidazole rings is 1. The van der Waals surface area contributed by atoms with Gasteiger partial charge in [-0.05, 0) is 116 Å². The summed E-state index contributed by atoms with van der Waals surface area (Å²) >= 11 is 3.76. The van der Waals surface area contributed by atoms with Gasteiger partial charge in [0, 0.05) is 46.4 Å². The first-order valence-electron chi connectivity index (χ1n) is 20.4. The van der Waals surface area contributed by atoms with Crippen LogP contribution in [0.2, 0.25) is 0 Å². The molecule has 5 heteroatoms. The van der Waals surface area contributed by atoms with Crippen LogP contribution in [0.4, 0.5) is 17.1 Å². The molecule has 1 aliphatic heterocycles. The molecule has 0 fully saturated rings. The first kappa shape index (κ1) is 32.7. The van der Waals surface area contributed by atoms with Crippen molar-refractivity contribution in [2.24, 2.45) is 0 Å². The number of aromatic nitrogens is 2. The van der Waals surface area contributed by atoms with E-state index in [1.54, 1.807) is 0 Å². The molecule has 0 aliphatic carbocycles. The van der Waals surface area contributed by atoms with Gasteiger partial charge in [0.05, 0.1) is 27.9 Å². The largest absolute Gasteiger partial charge is 0.308 e. The molecule has 13 aromatic rings. The first-order chi connectivity index (χ1) is 29.7. The van der Waals surface area contributed by atoms with Gasteiger partial charge in [0.1, 0.15) is 5.65 Å². The van der Waals surface area contributed by atoms with E-state index in [1.807, 2.05) is 23.1 Å². The van der Waals surface area contributed by atoms with Crippen LogP contribution in [0.25, 0.3) is 102 Å². The van der Waals surface area contributed by atoms with Gasteiger partial charge in [-0.3, -0.25) is 4.40 Å². The molecular weight excluding hydrogens is 767 g/mol. The quantitative estimate of drug-likeness (QED) is 0.163. The third-order valence-electron chi connectivity index (χ3n) is 12.7. The Hall–Kier alpha value is -7.18. The number of fused-ring (bicyclic) bond motifs is 19. The van der Waals surface area contributed by atoms with Crippen molar-refractivity contribution < 1.29 is 0 Å². The fourth-order valence-electron chi connectivity index (χ4n) is 10.0. The number of thiophene rings is 1. The van der Waals surface area contributed by atoms with Crippen molar-refractivity contribution in [3.63, 3.8) is 0 Å². The minimum Gasteiger partial charge on any atom is -0.308 e. The number of hydrogen-bond donors (Lipinski definition) is 0. The molecule has 278 valence electrons. The number of benzene rings is 10. The number of rotatable bonds is 2. The van der Waals surface area contributed by atoms with E-state index in [-0.39, 0.29) is 0 Å². The van der Waals surface area contributed by atoms with E-state index in [1.165, 1.54) is 95.6 Å². The maximum absolute atomic E-state index is 5.15. The number of para-hydroxylation sites is 2. The Kier molecular flexibility index (Phi) is 6.65. The molecule has 4 heterocycles. The summed E-state index contributed by atoms with van der Waals surface area (Å²) in [6.07, 6.45) is 0. The summed E-state index contributed by atoms with van der Waals surface area (Å²) in [5, 5.41) is 13.9. The van der Waals surface area contributed by atoms with E-state index >= 15 is 0 Å². The van der Waals surface area contributed by atoms with Gasteiger partial charge in [-0.1, -0.05) is 133 Å². The molecular formula is C55H31N3S2. The maximum Gasteiger partial charge on any atom is 0.146 e. The van der Waals surface area contributed by atoms with Crippen LogP contribution in [-0.4, -0.2) is 9.38 Å². The molecule has 3 nitrogen and oxygen atoms in total. The Bertz CT molecular complexity index is 4010. The van der Waals surface area contributed by atoms with Gasteiger partial charge in [-0.2, -0.15) is 0 Å². The third kappa shape index (κ3) is 4.53. The van der Waals surface area contributed by atoms with Crippen LogP contribution in [-0.2, 0) is 0 Å². The molecule has 0 bridgehead atoms. The van der Waals surface area contributed by atoms with Crippen molar-refractivity contribution in [1.29, 1.82) is 0 Å². The Morgan fingerprint density at radius 3 is 1.77 bits per heavy atom. The maximum atomic E-state index is 5.15. The molecule has 0 atom stereocenters. The van der Waals surface area contributed by atoms with E-state index in [0.29, 0.717) is 0 Å². The molecule has 0 amide bonds. The third-order valence-corrected chi connectivity index (χ3v) is 14.9. The summed E-state index contributed by atoms with van der Waals surface area (Å²) in [7, 11) is 0. The summed E-state index contributed by atoms with van der Waals surface area (Å²) in [4.78, 5) is 10.1. The highest BCUT2D eigenvalue weighted by atomic mass is 32.2. The fourth-order valence-corrected chi connectivity index (χ4v) is 12.3. The average Bonchev–Trinajstić information content (AvgIpc) is 3.89. The topological polar surface area (TPSA) is 20.5 Å². The number of pyridine rings is 1. The fraction of sp³-hybridized carbons (Fsp3) is 0. The lowest BCUT2D eigenvalue weighted by Crippen LogP contribution is -2.15. The zero-order chi connectivity index (χ0) is 39.1. The van der Waals surface area contributed by atoms with E-state index in [4.69, 9.17) is 4.98 Å². The highest BCUT2D eigenvalue weighted by molar-refractivity contribution is 7.99. The highest BCUT2D eigenvalue weighted by Gasteiger charge is 2.28. The predicted molar refractivity (Wildman–Crippen MR) is 257 cm³/mol. The van der Waals surface area contributed by atoms with Crippen LogP contribution in [0, 0.1) is 0 Å². The molecule has 0 N–H and O–H groups in total. The lowest BCUT2D eigenvalue weighted by atomic mass is 9.93. The molecule has 14 rings (SSSR count). The second kappa shape index (κ2) is 12.2. The standard InChI is InChI=1S/C55H31N3S2/c1-3-13-37-35(11-1)36-12-2-4-14-38(36)44-31-54-50(30-43(37)44)57(49-25-22-33(28-53(49)60-54)32-21-24-41-40-16-7-10-20-51(40)59-52(41)27-32)34-23-26-47-45(29-34)39-15-5-6-17-42(39)55-56-46-18-8-9-19-48(46)58(47)55/h1-31H. The van der Waals surface area contributed by atoms with Crippen LogP contribution < -0.4 is 4.90 Å². The van der Waals surface area contributed by atoms with Gasteiger partial charge >= 0.3 is 0 Å². The minimum absolute atomic E-state index is 0.990. The SMILES string of the molecule is c1ccc2c(c1)nc1c3ccccc3c3cc(N4c5ccc(-c6ccc7c(c6)sc6ccccc67)cc5Sc5cc6c7ccccc7c7ccccc7c6cc54)ccc3n21. The minimum atomic E-state index is 0.990. The Morgan fingerprint density at radius 2 is 0.967 bits per heavy atom. The average molecular weight is 798 g/mol. The van der Waals surface area contributed by atoms with E-state index < -0.39 is 0 Å². The van der Waals surface area contributed by atoms with E-state index in [0.717, 1.165) is 33.3 Å². The van der Waals surface area contributed by atoms with Crippen LogP contribution in [0.5, 0.6) is 0 Å². The highest BCUT2D eigenvalue weighted by Crippen LogP contribution is 2.55. The zero-order valence-electron chi connectivity index (χ0n) is 32.1. The van der Waals surface area contributed by atoms with Crippen molar-refractivity contribution >= 4 is 131 Å². The van der Waals surface area contributed by atoms with Crippen molar-refractivity contribution in [3.05, 3.63) is 188 Å². The Balaban J connectivity index is 1.04. The molecule has 0 saturated carbocycles. The van der Waals surface area contributed by atoms with Gasteiger partial charge in [0.15, 0.2) is 0 Å². The molecule has 0 radical (unpaired) electrons. The molecule has 1 aliphatic rings. The molecule has 10 aromatic carbocycles. The second-order valence-corrected chi connectivity index (χ2v) is 18.1. The summed E-state index contributed by atoms with van der Waals surface area (Å²) < 4.78 is 4.99. The Labute approximate surface area is 352 Å². The number of nitrogens with zero attached hydrogens (tertiary/aromatic N) is 3. The van der Waals surface area contributed by atoms with Crippen LogP contribution in [0.1, 0.15) is 0 Å².